The molecule has 2 aromatic rings. The number of fused-ring (bicyclic) bond motifs is 1. The second kappa shape index (κ2) is 4.21. The number of carbonyl (C=O) groups excluding carboxylic acids is 1. The SMILES string of the molecule is CC1(C)NNC(=O)/C1=C\c1ccc2ccccc2c1. The van der Waals surface area contributed by atoms with E-state index in [-0.39, 0.29) is 11.4 Å². The van der Waals surface area contributed by atoms with Crippen LogP contribution in [0.5, 0.6) is 0 Å². The van der Waals surface area contributed by atoms with E-state index in [0.29, 0.717) is 0 Å². The van der Waals surface area contributed by atoms with E-state index in [9.17, 15) is 4.79 Å². The average Bonchev–Trinajstić information content (AvgIpc) is 2.66. The van der Waals surface area contributed by atoms with Gasteiger partial charge < -0.3 is 0 Å². The Bertz CT molecular complexity index is 686. The molecule has 3 heteroatoms. The Labute approximate surface area is 112 Å². The van der Waals surface area contributed by atoms with Crippen LogP contribution in [0.15, 0.2) is 48.0 Å². The van der Waals surface area contributed by atoms with Crippen LogP contribution in [0.3, 0.4) is 0 Å². The fraction of sp³-hybridized carbons (Fsp3) is 0.188. The van der Waals surface area contributed by atoms with Gasteiger partial charge >= 0.3 is 0 Å². The van der Waals surface area contributed by atoms with Crippen molar-refractivity contribution >= 4 is 22.8 Å². The van der Waals surface area contributed by atoms with Crippen LogP contribution < -0.4 is 10.9 Å². The van der Waals surface area contributed by atoms with Crippen LogP contribution in [0.1, 0.15) is 19.4 Å². The van der Waals surface area contributed by atoms with Gasteiger partial charge in [-0.3, -0.25) is 10.2 Å². The topological polar surface area (TPSA) is 41.1 Å². The van der Waals surface area contributed by atoms with Crippen molar-refractivity contribution in [2.75, 3.05) is 0 Å². The molecule has 2 aromatic carbocycles. The molecule has 3 rings (SSSR count). The zero-order valence-electron chi connectivity index (χ0n) is 11.0. The minimum absolute atomic E-state index is 0.0573. The van der Waals surface area contributed by atoms with Crippen LogP contribution in [0, 0.1) is 0 Å². The summed E-state index contributed by atoms with van der Waals surface area (Å²) in [5.41, 5.74) is 7.10. The zero-order chi connectivity index (χ0) is 13.5. The molecule has 1 aliphatic rings. The molecule has 1 saturated heterocycles. The molecule has 0 aromatic heterocycles. The summed E-state index contributed by atoms with van der Waals surface area (Å²) in [5.74, 6) is -0.0573. The Kier molecular flexibility index (Phi) is 2.64. The van der Waals surface area contributed by atoms with Gasteiger partial charge in [-0.25, -0.2) is 5.43 Å². The maximum atomic E-state index is 11.8. The average molecular weight is 252 g/mol. The molecule has 1 heterocycles. The highest BCUT2D eigenvalue weighted by molar-refractivity contribution is 6.02. The molecule has 0 radical (unpaired) electrons. The van der Waals surface area contributed by atoms with Gasteiger partial charge in [0.05, 0.1) is 5.54 Å². The van der Waals surface area contributed by atoms with Crippen LogP contribution >= 0.6 is 0 Å². The predicted molar refractivity (Wildman–Crippen MR) is 77.3 cm³/mol. The Hall–Kier alpha value is -2.13. The molecule has 3 nitrogen and oxygen atoms in total. The first-order valence-corrected chi connectivity index (χ1v) is 6.35. The van der Waals surface area contributed by atoms with Gasteiger partial charge in [0.25, 0.3) is 5.91 Å². The minimum Gasteiger partial charge on any atom is -0.287 e. The lowest BCUT2D eigenvalue weighted by Gasteiger charge is -2.17. The lowest BCUT2D eigenvalue weighted by atomic mass is 9.93. The molecule has 96 valence electrons. The summed E-state index contributed by atoms with van der Waals surface area (Å²) < 4.78 is 0. The van der Waals surface area contributed by atoms with E-state index in [2.05, 4.69) is 35.1 Å². The molecule has 0 saturated carbocycles. The van der Waals surface area contributed by atoms with Crippen molar-refractivity contribution in [1.29, 1.82) is 0 Å². The second-order valence-electron chi connectivity index (χ2n) is 5.37. The minimum atomic E-state index is -0.345. The second-order valence-corrected chi connectivity index (χ2v) is 5.37. The maximum Gasteiger partial charge on any atom is 0.263 e. The quantitative estimate of drug-likeness (QED) is 0.766. The third-order valence-corrected chi connectivity index (χ3v) is 3.49. The molecule has 1 amide bonds. The monoisotopic (exact) mass is 252 g/mol. The summed E-state index contributed by atoms with van der Waals surface area (Å²) in [7, 11) is 0. The van der Waals surface area contributed by atoms with Gasteiger partial charge in [0, 0.05) is 5.57 Å². The third kappa shape index (κ3) is 2.13. The van der Waals surface area contributed by atoms with Crippen molar-refractivity contribution in [2.45, 2.75) is 19.4 Å². The molecule has 0 unspecified atom stereocenters. The van der Waals surface area contributed by atoms with Crippen LogP contribution in [0.2, 0.25) is 0 Å². The lowest BCUT2D eigenvalue weighted by molar-refractivity contribution is -0.116. The number of hydrogen-bond acceptors (Lipinski definition) is 2. The van der Waals surface area contributed by atoms with Gasteiger partial charge in [-0.1, -0.05) is 36.4 Å². The summed E-state index contributed by atoms with van der Waals surface area (Å²) >= 11 is 0. The predicted octanol–water partition coefficient (Wildman–Crippen LogP) is 2.64. The fourth-order valence-corrected chi connectivity index (χ4v) is 2.34. The van der Waals surface area contributed by atoms with E-state index in [0.717, 1.165) is 11.1 Å². The van der Waals surface area contributed by atoms with Crippen LogP contribution in [-0.4, -0.2) is 11.4 Å². The van der Waals surface area contributed by atoms with Crippen LogP contribution in [-0.2, 0) is 4.79 Å². The summed E-state index contributed by atoms with van der Waals surface area (Å²) in [5, 5.41) is 2.39. The van der Waals surface area contributed by atoms with Crippen molar-refractivity contribution in [1.82, 2.24) is 10.9 Å². The fourth-order valence-electron chi connectivity index (χ4n) is 2.34. The Morgan fingerprint density at radius 2 is 1.79 bits per heavy atom. The van der Waals surface area contributed by atoms with Crippen molar-refractivity contribution in [3.63, 3.8) is 0 Å². The Balaban J connectivity index is 2.07. The van der Waals surface area contributed by atoms with Crippen molar-refractivity contribution < 1.29 is 4.79 Å². The Morgan fingerprint density at radius 3 is 2.47 bits per heavy atom. The molecule has 0 bridgehead atoms. The number of hydrazine groups is 1. The molecule has 0 spiro atoms. The lowest BCUT2D eigenvalue weighted by Crippen LogP contribution is -2.38. The molecule has 19 heavy (non-hydrogen) atoms. The summed E-state index contributed by atoms with van der Waals surface area (Å²) in [6.07, 6.45) is 1.95. The molecular formula is C16H16N2O. The van der Waals surface area contributed by atoms with E-state index in [4.69, 9.17) is 0 Å². The highest BCUT2D eigenvalue weighted by Crippen LogP contribution is 2.24. The summed E-state index contributed by atoms with van der Waals surface area (Å²) in [6.45, 7) is 3.97. The molecule has 0 atom stereocenters. The highest BCUT2D eigenvalue weighted by Gasteiger charge is 2.34. The molecule has 0 aliphatic carbocycles. The van der Waals surface area contributed by atoms with E-state index >= 15 is 0 Å². The number of benzene rings is 2. The number of rotatable bonds is 1. The third-order valence-electron chi connectivity index (χ3n) is 3.49. The first-order chi connectivity index (χ1) is 9.06. The maximum absolute atomic E-state index is 11.8. The van der Waals surface area contributed by atoms with E-state index in [1.165, 1.54) is 10.8 Å². The number of hydrogen-bond donors (Lipinski definition) is 2. The van der Waals surface area contributed by atoms with E-state index < -0.39 is 0 Å². The zero-order valence-corrected chi connectivity index (χ0v) is 11.0. The van der Waals surface area contributed by atoms with Gasteiger partial charge in [0.15, 0.2) is 0 Å². The van der Waals surface area contributed by atoms with Crippen molar-refractivity contribution in [3.8, 4) is 0 Å². The van der Waals surface area contributed by atoms with Crippen molar-refractivity contribution in [2.24, 2.45) is 0 Å². The summed E-state index contributed by atoms with van der Waals surface area (Å²) in [4.78, 5) is 11.8. The van der Waals surface area contributed by atoms with Gasteiger partial charge in [0.2, 0.25) is 0 Å². The van der Waals surface area contributed by atoms with Crippen molar-refractivity contribution in [3.05, 3.63) is 53.6 Å². The first-order valence-electron chi connectivity index (χ1n) is 6.35. The first kappa shape index (κ1) is 11.9. The van der Waals surface area contributed by atoms with Crippen LogP contribution in [0.4, 0.5) is 0 Å². The van der Waals surface area contributed by atoms with Gasteiger partial charge in [-0.15, -0.1) is 0 Å². The largest absolute Gasteiger partial charge is 0.287 e. The van der Waals surface area contributed by atoms with E-state index in [1.807, 2.05) is 38.1 Å². The normalized spacial score (nSPS) is 19.9. The number of nitrogens with one attached hydrogen (secondary N) is 2. The molecule has 1 aliphatic heterocycles. The van der Waals surface area contributed by atoms with E-state index in [1.54, 1.807) is 0 Å². The van der Waals surface area contributed by atoms with Crippen LogP contribution in [0.25, 0.3) is 16.8 Å². The smallest absolute Gasteiger partial charge is 0.263 e. The molecular weight excluding hydrogens is 236 g/mol. The number of amides is 1. The Morgan fingerprint density at radius 1 is 1.05 bits per heavy atom. The number of carbonyl (C=O) groups is 1. The van der Waals surface area contributed by atoms with Gasteiger partial charge in [-0.2, -0.15) is 0 Å². The molecule has 1 fully saturated rings. The highest BCUT2D eigenvalue weighted by atomic mass is 16.2. The van der Waals surface area contributed by atoms with Gasteiger partial charge in [0.1, 0.15) is 0 Å². The standard InChI is InChI=1S/C16H16N2O/c1-16(2)14(15(19)17-18-16)10-11-7-8-12-5-3-4-6-13(12)9-11/h3-10,18H,1-2H3,(H,17,19)/b14-10+. The van der Waals surface area contributed by atoms with Gasteiger partial charge in [-0.05, 0) is 42.3 Å². The summed E-state index contributed by atoms with van der Waals surface area (Å²) in [6, 6.07) is 14.4. The molecule has 2 N–H and O–H groups in total.